The van der Waals surface area contributed by atoms with E-state index in [2.05, 4.69) is 9.78 Å². The van der Waals surface area contributed by atoms with Crippen LogP contribution in [0.5, 0.6) is 0 Å². The molecule has 6 heavy (non-hydrogen) atoms. The maximum absolute atomic E-state index is 11.4. The molecule has 0 aliphatic carbocycles. The second kappa shape index (κ2) is 1.33. The molecule has 1 aliphatic heterocycles. The van der Waals surface area contributed by atoms with Gasteiger partial charge >= 0.3 is 0 Å². The Bertz CT molecular complexity index is 53.5. The zero-order chi connectivity index (χ0) is 4.57. The first-order valence-electron chi connectivity index (χ1n) is 1.41. The quantitative estimate of drug-likeness (QED) is 0.285. The highest BCUT2D eigenvalue weighted by atomic mass is 35.5. The number of hydrogen-bond acceptors (Lipinski definition) is 2. The predicted molar refractivity (Wildman–Crippen MR) is 16.7 cm³/mol. The maximum atomic E-state index is 11.4. The molecule has 0 radical (unpaired) electrons. The first-order chi connectivity index (χ1) is 2.80. The van der Waals surface area contributed by atoms with E-state index in [1.807, 2.05) is 0 Å². The average Bonchev–Trinajstić information content (AvgIpc) is 2.06. The van der Waals surface area contributed by atoms with Gasteiger partial charge in [-0.25, -0.2) is 4.39 Å². The minimum absolute atomic E-state index is 0.799. The summed E-state index contributed by atoms with van der Waals surface area (Å²) in [5.41, 5.74) is -1.51. The average molecular weight is 112 g/mol. The summed E-state index contributed by atoms with van der Waals surface area (Å²) < 4.78 is 11.4. The lowest BCUT2D eigenvalue weighted by Gasteiger charge is -1.78. The van der Waals surface area contributed by atoms with E-state index in [1.54, 1.807) is 0 Å². The van der Waals surface area contributed by atoms with Gasteiger partial charge in [-0.3, -0.25) is 0 Å². The van der Waals surface area contributed by atoms with Gasteiger partial charge in [0, 0.05) is 0 Å². The fraction of sp³-hybridized carbons (Fsp3) is 1.00. The molecule has 1 fully saturated rings. The zero-order valence-electron chi connectivity index (χ0n) is 2.73. The Labute approximate surface area is 38.7 Å². The molecule has 4 heteroatoms. The molecule has 0 N–H and O–H groups in total. The van der Waals surface area contributed by atoms with Gasteiger partial charge in [-0.05, 0) is 0 Å². The van der Waals surface area contributed by atoms with Gasteiger partial charge < -0.3 is 0 Å². The molecule has 0 amide bonds. The summed E-state index contributed by atoms with van der Waals surface area (Å²) in [5, 5.41) is 0. The van der Waals surface area contributed by atoms with Crippen molar-refractivity contribution in [2.45, 2.75) is 11.9 Å². The van der Waals surface area contributed by atoms with Crippen molar-refractivity contribution < 1.29 is 14.2 Å². The molecular formula is C2H2ClFO2. The third-order valence-electron chi connectivity index (χ3n) is 0.413. The lowest BCUT2D eigenvalue weighted by Crippen LogP contribution is -1.95. The molecule has 1 unspecified atom stereocenters. The molecule has 1 rings (SSSR count). The third kappa shape index (κ3) is 0.801. The second-order valence-electron chi connectivity index (χ2n) is 0.895. The highest BCUT2D eigenvalue weighted by molar-refractivity contribution is 6.19. The molecule has 1 saturated heterocycles. The van der Waals surface area contributed by atoms with Crippen LogP contribution in [0.4, 0.5) is 4.39 Å². The Balaban J connectivity index is 2.13. The van der Waals surface area contributed by atoms with Crippen LogP contribution >= 0.6 is 11.6 Å². The van der Waals surface area contributed by atoms with Crippen LogP contribution in [-0.2, 0) is 9.78 Å². The van der Waals surface area contributed by atoms with Crippen molar-refractivity contribution in [2.24, 2.45) is 0 Å². The third-order valence-corrected chi connectivity index (χ3v) is 0.619. The summed E-state index contributed by atoms with van der Waals surface area (Å²) in [7, 11) is 0. The second-order valence-corrected chi connectivity index (χ2v) is 1.31. The molecule has 0 aromatic rings. The van der Waals surface area contributed by atoms with Crippen LogP contribution in [-0.4, -0.2) is 11.9 Å². The molecule has 2 nitrogen and oxygen atoms in total. The highest BCUT2D eigenvalue weighted by Gasteiger charge is 2.34. The van der Waals surface area contributed by atoms with Gasteiger partial charge in [0.2, 0.25) is 5.63 Å². The van der Waals surface area contributed by atoms with Gasteiger partial charge in [-0.1, -0.05) is 11.6 Å². The lowest BCUT2D eigenvalue weighted by atomic mass is 10.8. The van der Waals surface area contributed by atoms with E-state index in [1.165, 1.54) is 0 Å². The molecule has 0 aromatic heterocycles. The standard InChI is InChI=1S/C2H2ClFO2/c3-1(4)2-5-6-2/h1-2H. The maximum Gasteiger partial charge on any atom is 0.269 e. The van der Waals surface area contributed by atoms with Crippen LogP contribution in [0.1, 0.15) is 0 Å². The Hall–Kier alpha value is 0.140. The Morgan fingerprint density at radius 2 is 2.17 bits per heavy atom. The van der Waals surface area contributed by atoms with Crippen molar-refractivity contribution in [2.75, 3.05) is 0 Å². The molecule has 1 aliphatic rings. The molecule has 1 atom stereocenters. The summed E-state index contributed by atoms with van der Waals surface area (Å²) >= 11 is 4.76. The molecular weight excluding hydrogens is 110 g/mol. The summed E-state index contributed by atoms with van der Waals surface area (Å²) in [6.07, 6.45) is -0.799. The number of alkyl halides is 2. The van der Waals surface area contributed by atoms with Gasteiger partial charge in [0.05, 0.1) is 0 Å². The smallest absolute Gasteiger partial charge is 0.224 e. The van der Waals surface area contributed by atoms with E-state index in [-0.39, 0.29) is 0 Å². The molecule has 0 spiro atoms. The number of halogens is 2. The van der Waals surface area contributed by atoms with E-state index < -0.39 is 11.9 Å². The normalized spacial score (nSPS) is 27.0. The Kier molecular flexibility index (Phi) is 0.954. The van der Waals surface area contributed by atoms with Crippen LogP contribution in [0.3, 0.4) is 0 Å². The van der Waals surface area contributed by atoms with E-state index >= 15 is 0 Å². The zero-order valence-corrected chi connectivity index (χ0v) is 3.48. The van der Waals surface area contributed by atoms with E-state index in [0.717, 1.165) is 0 Å². The fourth-order valence-corrected chi connectivity index (χ4v) is 0.200. The predicted octanol–water partition coefficient (Wildman–Crippen LogP) is 0.809. The van der Waals surface area contributed by atoms with Gasteiger partial charge in [0.1, 0.15) is 0 Å². The first kappa shape index (κ1) is 4.30. The minimum Gasteiger partial charge on any atom is -0.224 e. The molecule has 36 valence electrons. The topological polar surface area (TPSA) is 25.1 Å². The van der Waals surface area contributed by atoms with Gasteiger partial charge in [-0.15, -0.1) is 0 Å². The summed E-state index contributed by atoms with van der Waals surface area (Å²) in [4.78, 5) is 7.93. The summed E-state index contributed by atoms with van der Waals surface area (Å²) in [6, 6.07) is 0. The van der Waals surface area contributed by atoms with Crippen molar-refractivity contribution in [3.63, 3.8) is 0 Å². The van der Waals surface area contributed by atoms with Crippen molar-refractivity contribution in [1.29, 1.82) is 0 Å². The SMILES string of the molecule is FC(Cl)C1OO1. The monoisotopic (exact) mass is 112 g/mol. The van der Waals surface area contributed by atoms with E-state index in [4.69, 9.17) is 11.6 Å². The first-order valence-corrected chi connectivity index (χ1v) is 1.84. The fourth-order valence-electron chi connectivity index (χ4n) is 0.116. The van der Waals surface area contributed by atoms with Crippen LogP contribution in [0.2, 0.25) is 0 Å². The van der Waals surface area contributed by atoms with Crippen molar-refractivity contribution in [1.82, 2.24) is 0 Å². The van der Waals surface area contributed by atoms with Crippen LogP contribution in [0.15, 0.2) is 0 Å². The number of rotatable bonds is 1. The van der Waals surface area contributed by atoms with Gasteiger partial charge in [-0.2, -0.15) is 9.78 Å². The highest BCUT2D eigenvalue weighted by Crippen LogP contribution is 2.21. The molecule has 0 aromatic carbocycles. The lowest BCUT2D eigenvalue weighted by molar-refractivity contribution is 0.0850. The summed E-state index contributed by atoms with van der Waals surface area (Å²) in [5.74, 6) is 0. The molecule has 0 bridgehead atoms. The van der Waals surface area contributed by atoms with Crippen LogP contribution in [0, 0.1) is 0 Å². The largest absolute Gasteiger partial charge is 0.269 e. The van der Waals surface area contributed by atoms with E-state index in [0.29, 0.717) is 0 Å². The van der Waals surface area contributed by atoms with Crippen molar-refractivity contribution in [3.8, 4) is 0 Å². The van der Waals surface area contributed by atoms with Crippen molar-refractivity contribution >= 4 is 11.6 Å². The Morgan fingerprint density at radius 1 is 1.67 bits per heavy atom. The van der Waals surface area contributed by atoms with Gasteiger partial charge in [0.25, 0.3) is 6.29 Å². The van der Waals surface area contributed by atoms with Crippen LogP contribution < -0.4 is 0 Å². The van der Waals surface area contributed by atoms with Crippen LogP contribution in [0.25, 0.3) is 0 Å². The van der Waals surface area contributed by atoms with Crippen molar-refractivity contribution in [3.05, 3.63) is 0 Å². The van der Waals surface area contributed by atoms with Gasteiger partial charge in [0.15, 0.2) is 0 Å². The molecule has 1 heterocycles. The molecule has 0 saturated carbocycles. The van der Waals surface area contributed by atoms with E-state index in [9.17, 15) is 4.39 Å². The number of hydrogen-bond donors (Lipinski definition) is 0. The minimum atomic E-state index is -1.51. The summed E-state index contributed by atoms with van der Waals surface area (Å²) in [6.45, 7) is 0. The Morgan fingerprint density at radius 3 is 2.17 bits per heavy atom.